The van der Waals surface area contributed by atoms with Gasteiger partial charge in [-0.15, -0.1) is 13.2 Å². The summed E-state index contributed by atoms with van der Waals surface area (Å²) in [5.74, 6) is -0.484. The van der Waals surface area contributed by atoms with E-state index in [1.54, 1.807) is 31.2 Å². The van der Waals surface area contributed by atoms with Crippen molar-refractivity contribution in [1.82, 2.24) is 10.1 Å². The molecule has 0 aliphatic carbocycles. The number of aromatic nitrogens is 2. The zero-order valence-electron chi connectivity index (χ0n) is 12.3. The molecular formula is C16H11F3N2O3. The topological polar surface area (TPSA) is 68.4 Å². The van der Waals surface area contributed by atoms with Crippen molar-refractivity contribution in [1.29, 1.82) is 0 Å². The van der Waals surface area contributed by atoms with Crippen LogP contribution in [0.3, 0.4) is 0 Å². The fourth-order valence-electron chi connectivity index (χ4n) is 2.15. The summed E-state index contributed by atoms with van der Waals surface area (Å²) < 4.78 is 45.9. The Morgan fingerprint density at radius 1 is 1.04 bits per heavy atom. The Labute approximate surface area is 134 Å². The number of halogens is 3. The Bertz CT molecular complexity index is 875. The molecule has 5 nitrogen and oxygen atoms in total. The van der Waals surface area contributed by atoms with Crippen LogP contribution in [0.4, 0.5) is 13.2 Å². The maximum atomic E-state index is 12.4. The highest BCUT2D eigenvalue weighted by Crippen LogP contribution is 2.35. The van der Waals surface area contributed by atoms with E-state index >= 15 is 0 Å². The van der Waals surface area contributed by atoms with Crippen LogP contribution in [0.25, 0.3) is 22.5 Å². The third kappa shape index (κ3) is 3.48. The summed E-state index contributed by atoms with van der Waals surface area (Å²) >= 11 is 0. The van der Waals surface area contributed by atoms with Crippen molar-refractivity contribution in [3.63, 3.8) is 0 Å². The first kappa shape index (κ1) is 15.9. The number of benzene rings is 2. The fraction of sp³-hybridized carbons (Fsp3) is 0.125. The molecule has 0 atom stereocenters. The number of phenolic OH excluding ortho intramolecular Hbond substituents is 1. The molecule has 1 N–H and O–H groups in total. The molecule has 0 saturated heterocycles. The van der Waals surface area contributed by atoms with Gasteiger partial charge in [-0.25, -0.2) is 0 Å². The largest absolute Gasteiger partial charge is 0.573 e. The van der Waals surface area contributed by atoms with E-state index in [2.05, 4.69) is 14.9 Å². The number of phenols is 1. The molecule has 124 valence electrons. The molecule has 0 spiro atoms. The molecule has 1 aromatic heterocycles. The number of hydrogen-bond acceptors (Lipinski definition) is 5. The number of ether oxygens (including phenoxy) is 1. The van der Waals surface area contributed by atoms with Gasteiger partial charge in [-0.1, -0.05) is 29.4 Å². The van der Waals surface area contributed by atoms with E-state index in [0.29, 0.717) is 28.4 Å². The third-order valence-corrected chi connectivity index (χ3v) is 3.17. The first-order valence-electron chi connectivity index (χ1n) is 6.82. The molecule has 0 aliphatic rings. The van der Waals surface area contributed by atoms with E-state index in [4.69, 9.17) is 4.52 Å². The zero-order chi connectivity index (χ0) is 17.3. The van der Waals surface area contributed by atoms with Crippen LogP contribution in [0.5, 0.6) is 11.5 Å². The summed E-state index contributed by atoms with van der Waals surface area (Å²) in [6, 6.07) is 10.6. The van der Waals surface area contributed by atoms with E-state index in [0.717, 1.165) is 12.1 Å². The number of hydrogen-bond donors (Lipinski definition) is 1. The van der Waals surface area contributed by atoms with Gasteiger partial charge in [0.2, 0.25) is 11.7 Å². The van der Waals surface area contributed by atoms with Crippen LogP contribution in [0.1, 0.15) is 5.89 Å². The van der Waals surface area contributed by atoms with Crippen molar-refractivity contribution in [2.45, 2.75) is 13.3 Å². The second kappa shape index (κ2) is 5.88. The quantitative estimate of drug-likeness (QED) is 0.771. The normalized spacial score (nSPS) is 11.5. The van der Waals surface area contributed by atoms with Crippen LogP contribution in [-0.2, 0) is 0 Å². The minimum atomic E-state index is -4.89. The monoisotopic (exact) mass is 336 g/mol. The van der Waals surface area contributed by atoms with Crippen molar-refractivity contribution >= 4 is 0 Å². The number of alkyl halides is 3. The molecule has 3 rings (SSSR count). The fourth-order valence-corrected chi connectivity index (χ4v) is 2.15. The molecule has 0 radical (unpaired) electrons. The number of aryl methyl sites for hydroxylation is 1. The Morgan fingerprint density at radius 3 is 2.42 bits per heavy atom. The highest BCUT2D eigenvalue weighted by Gasteiger charge is 2.32. The van der Waals surface area contributed by atoms with Crippen molar-refractivity contribution in [2.24, 2.45) is 0 Å². The van der Waals surface area contributed by atoms with Gasteiger partial charge in [0, 0.05) is 12.5 Å². The van der Waals surface area contributed by atoms with Crippen molar-refractivity contribution in [2.75, 3.05) is 0 Å². The predicted octanol–water partition coefficient (Wildman–Crippen LogP) is 4.32. The number of aromatic hydroxyl groups is 1. The molecular weight excluding hydrogens is 325 g/mol. The van der Waals surface area contributed by atoms with Gasteiger partial charge in [-0.3, -0.25) is 0 Å². The average molecular weight is 336 g/mol. The second-order valence-corrected chi connectivity index (χ2v) is 4.95. The van der Waals surface area contributed by atoms with E-state index in [1.165, 1.54) is 6.07 Å². The lowest BCUT2D eigenvalue weighted by Crippen LogP contribution is -2.17. The maximum absolute atomic E-state index is 12.4. The highest BCUT2D eigenvalue weighted by atomic mass is 19.4. The Hall–Kier alpha value is -3.03. The van der Waals surface area contributed by atoms with Gasteiger partial charge in [0.25, 0.3) is 0 Å². The summed E-state index contributed by atoms with van der Waals surface area (Å²) in [6.45, 7) is 1.65. The summed E-state index contributed by atoms with van der Waals surface area (Å²) in [4.78, 5) is 4.10. The van der Waals surface area contributed by atoms with Gasteiger partial charge in [0.05, 0.1) is 0 Å². The number of nitrogens with zero attached hydrogens (tertiary/aromatic N) is 2. The summed E-state index contributed by atoms with van der Waals surface area (Å²) in [5.41, 5.74) is 1.70. The van der Waals surface area contributed by atoms with Crippen LogP contribution in [0.2, 0.25) is 0 Å². The molecule has 2 aromatic carbocycles. The third-order valence-electron chi connectivity index (χ3n) is 3.17. The lowest BCUT2D eigenvalue weighted by atomic mass is 10.0. The Kier molecular flexibility index (Phi) is 3.88. The van der Waals surface area contributed by atoms with Crippen LogP contribution in [-0.4, -0.2) is 21.6 Å². The number of rotatable bonds is 3. The van der Waals surface area contributed by atoms with Crippen molar-refractivity contribution < 1.29 is 27.5 Å². The summed E-state index contributed by atoms with van der Waals surface area (Å²) in [7, 11) is 0. The standard InChI is InChI=1S/C16H11F3N2O3/c1-9-20-15(21-24-9)12-4-2-3-10(7-12)11-5-6-13(22)14(8-11)23-16(17,18)19/h2-8,22H,1H3. The molecule has 0 unspecified atom stereocenters. The van der Waals surface area contributed by atoms with Crippen LogP contribution < -0.4 is 4.74 Å². The molecule has 0 aliphatic heterocycles. The molecule has 0 amide bonds. The van der Waals surface area contributed by atoms with E-state index < -0.39 is 17.9 Å². The molecule has 0 saturated carbocycles. The van der Waals surface area contributed by atoms with E-state index in [1.807, 2.05) is 0 Å². The first-order valence-corrected chi connectivity index (χ1v) is 6.82. The van der Waals surface area contributed by atoms with Crippen molar-refractivity contribution in [3.8, 4) is 34.0 Å². The van der Waals surface area contributed by atoms with Crippen LogP contribution in [0, 0.1) is 6.92 Å². The van der Waals surface area contributed by atoms with E-state index in [-0.39, 0.29) is 0 Å². The first-order chi connectivity index (χ1) is 11.3. The second-order valence-electron chi connectivity index (χ2n) is 4.95. The molecule has 3 aromatic rings. The predicted molar refractivity (Wildman–Crippen MR) is 78.3 cm³/mol. The Balaban J connectivity index is 1.99. The van der Waals surface area contributed by atoms with Gasteiger partial charge < -0.3 is 14.4 Å². The SMILES string of the molecule is Cc1nc(-c2cccc(-c3ccc(O)c(OC(F)(F)F)c3)c2)no1. The average Bonchev–Trinajstić information content (AvgIpc) is 2.95. The van der Waals surface area contributed by atoms with E-state index in [9.17, 15) is 18.3 Å². The highest BCUT2D eigenvalue weighted by molar-refractivity contribution is 5.72. The molecule has 24 heavy (non-hydrogen) atoms. The minimum Gasteiger partial charge on any atom is -0.504 e. The Morgan fingerprint density at radius 2 is 1.75 bits per heavy atom. The smallest absolute Gasteiger partial charge is 0.504 e. The van der Waals surface area contributed by atoms with Gasteiger partial charge in [-0.2, -0.15) is 4.98 Å². The van der Waals surface area contributed by atoms with Gasteiger partial charge in [-0.05, 0) is 29.3 Å². The lowest BCUT2D eigenvalue weighted by molar-refractivity contribution is -0.275. The van der Waals surface area contributed by atoms with Gasteiger partial charge in [0.15, 0.2) is 11.5 Å². The molecule has 0 fully saturated rings. The van der Waals surface area contributed by atoms with Gasteiger partial charge >= 0.3 is 6.36 Å². The molecule has 1 heterocycles. The molecule has 8 heteroatoms. The van der Waals surface area contributed by atoms with Crippen LogP contribution in [0.15, 0.2) is 47.0 Å². The zero-order valence-corrected chi connectivity index (χ0v) is 12.3. The minimum absolute atomic E-state index is 0.375. The summed E-state index contributed by atoms with van der Waals surface area (Å²) in [5, 5.41) is 13.3. The van der Waals surface area contributed by atoms with Crippen LogP contribution >= 0.6 is 0 Å². The maximum Gasteiger partial charge on any atom is 0.573 e. The van der Waals surface area contributed by atoms with Gasteiger partial charge in [0.1, 0.15) is 0 Å². The van der Waals surface area contributed by atoms with Crippen molar-refractivity contribution in [3.05, 3.63) is 48.4 Å². The summed E-state index contributed by atoms with van der Waals surface area (Å²) in [6.07, 6.45) is -4.89. The lowest BCUT2D eigenvalue weighted by Gasteiger charge is -2.12. The molecule has 0 bridgehead atoms.